The maximum Gasteiger partial charge on any atom is 0.242 e. The van der Waals surface area contributed by atoms with Crippen molar-refractivity contribution in [2.24, 2.45) is 0 Å². The molecule has 1 saturated heterocycles. The highest BCUT2D eigenvalue weighted by Crippen LogP contribution is 2.12. The Morgan fingerprint density at radius 2 is 2.44 bits per heavy atom. The van der Waals surface area contributed by atoms with Crippen LogP contribution in [0.15, 0.2) is 22.8 Å². The van der Waals surface area contributed by atoms with Gasteiger partial charge in [-0.15, -0.1) is 0 Å². The normalized spacial score (nSPS) is 24.4. The highest BCUT2D eigenvalue weighted by molar-refractivity contribution is 9.10. The van der Waals surface area contributed by atoms with Crippen LogP contribution in [0.2, 0.25) is 0 Å². The molecular formula is C10H12BrN3O2. The summed E-state index contributed by atoms with van der Waals surface area (Å²) in [7, 11) is 0. The average molecular weight is 286 g/mol. The summed E-state index contributed by atoms with van der Waals surface area (Å²) in [5.74, 6) is 0.338. The van der Waals surface area contributed by atoms with Gasteiger partial charge in [0.05, 0.1) is 12.1 Å². The SMILES string of the molecule is O=C(Nc1cccc(Br)n1)[C@@H]1C[C@H](O)CN1. The van der Waals surface area contributed by atoms with E-state index in [1.807, 2.05) is 0 Å². The van der Waals surface area contributed by atoms with Crippen LogP contribution in [0.4, 0.5) is 5.82 Å². The van der Waals surface area contributed by atoms with E-state index in [4.69, 9.17) is 0 Å². The number of β-amino-alcohol motifs (C(OH)–C–C–N with tert-alkyl or cyclic N) is 1. The number of halogens is 1. The number of aliphatic hydroxyl groups is 1. The molecule has 0 saturated carbocycles. The molecule has 1 aliphatic rings. The molecule has 86 valence electrons. The highest BCUT2D eigenvalue weighted by Gasteiger charge is 2.28. The number of nitrogens with one attached hydrogen (secondary N) is 2. The van der Waals surface area contributed by atoms with Crippen molar-refractivity contribution >= 4 is 27.7 Å². The van der Waals surface area contributed by atoms with Crippen molar-refractivity contribution in [1.82, 2.24) is 10.3 Å². The van der Waals surface area contributed by atoms with Crippen LogP contribution >= 0.6 is 15.9 Å². The van der Waals surface area contributed by atoms with E-state index in [0.717, 1.165) is 0 Å². The Bertz CT molecular complexity index is 399. The number of pyridine rings is 1. The fourth-order valence-electron chi connectivity index (χ4n) is 1.61. The molecule has 0 aromatic carbocycles. The molecule has 1 aromatic rings. The van der Waals surface area contributed by atoms with Gasteiger partial charge in [0.1, 0.15) is 10.4 Å². The first-order chi connectivity index (χ1) is 7.65. The molecule has 5 nitrogen and oxygen atoms in total. The Hall–Kier alpha value is -0.980. The van der Waals surface area contributed by atoms with Crippen LogP contribution in [0, 0.1) is 0 Å². The van der Waals surface area contributed by atoms with Gasteiger partial charge >= 0.3 is 0 Å². The second kappa shape index (κ2) is 4.90. The third-order valence-corrected chi connectivity index (χ3v) is 2.83. The number of carbonyl (C=O) groups is 1. The summed E-state index contributed by atoms with van der Waals surface area (Å²) in [6.07, 6.45) is 0.00560. The number of hydrogen-bond donors (Lipinski definition) is 3. The van der Waals surface area contributed by atoms with Crippen LogP contribution in [0.3, 0.4) is 0 Å². The van der Waals surface area contributed by atoms with Crippen molar-refractivity contribution in [3.8, 4) is 0 Å². The molecule has 0 bridgehead atoms. The van der Waals surface area contributed by atoms with Crippen molar-refractivity contribution in [2.45, 2.75) is 18.6 Å². The smallest absolute Gasteiger partial charge is 0.242 e. The minimum absolute atomic E-state index is 0.165. The van der Waals surface area contributed by atoms with Gasteiger partial charge in [0, 0.05) is 6.54 Å². The zero-order valence-corrected chi connectivity index (χ0v) is 10.1. The fraction of sp³-hybridized carbons (Fsp3) is 0.400. The van der Waals surface area contributed by atoms with Crippen LogP contribution < -0.4 is 10.6 Å². The van der Waals surface area contributed by atoms with Gasteiger partial charge in [0.25, 0.3) is 0 Å². The second-order valence-corrected chi connectivity index (χ2v) is 4.50. The van der Waals surface area contributed by atoms with Crippen LogP contribution in [-0.2, 0) is 4.79 Å². The number of aromatic nitrogens is 1. The standard InChI is InChI=1S/C10H12BrN3O2/c11-8-2-1-3-9(13-8)14-10(16)7-4-6(15)5-12-7/h1-3,6-7,12,15H,4-5H2,(H,13,14,16)/t6-,7-/m0/s1. The summed E-state index contributed by atoms with van der Waals surface area (Å²) < 4.78 is 0.671. The largest absolute Gasteiger partial charge is 0.392 e. The first-order valence-electron chi connectivity index (χ1n) is 5.00. The first kappa shape index (κ1) is 11.5. The Labute approximate surface area is 101 Å². The van der Waals surface area contributed by atoms with Gasteiger partial charge in [0.2, 0.25) is 5.91 Å². The summed E-state index contributed by atoms with van der Waals surface area (Å²) >= 11 is 3.23. The Kier molecular flexibility index (Phi) is 3.52. The second-order valence-electron chi connectivity index (χ2n) is 3.69. The van der Waals surface area contributed by atoms with E-state index in [1.54, 1.807) is 18.2 Å². The zero-order chi connectivity index (χ0) is 11.5. The molecule has 2 heterocycles. The van der Waals surface area contributed by atoms with Crippen LogP contribution in [0.1, 0.15) is 6.42 Å². The van der Waals surface area contributed by atoms with Gasteiger partial charge in [-0.2, -0.15) is 0 Å². The number of rotatable bonds is 2. The molecule has 0 spiro atoms. The average Bonchev–Trinajstić information content (AvgIpc) is 2.65. The molecule has 0 unspecified atom stereocenters. The van der Waals surface area contributed by atoms with Crippen molar-refractivity contribution in [3.05, 3.63) is 22.8 Å². The highest BCUT2D eigenvalue weighted by atomic mass is 79.9. The molecule has 0 radical (unpaired) electrons. The maximum atomic E-state index is 11.7. The Balaban J connectivity index is 1.97. The lowest BCUT2D eigenvalue weighted by Gasteiger charge is -2.10. The van der Waals surface area contributed by atoms with Gasteiger partial charge < -0.3 is 15.7 Å². The van der Waals surface area contributed by atoms with Gasteiger partial charge in [-0.25, -0.2) is 4.98 Å². The van der Waals surface area contributed by atoms with Crippen molar-refractivity contribution in [2.75, 3.05) is 11.9 Å². The predicted molar refractivity (Wildman–Crippen MR) is 63.0 cm³/mol. The molecule has 1 fully saturated rings. The van der Waals surface area contributed by atoms with E-state index in [2.05, 4.69) is 31.5 Å². The van der Waals surface area contributed by atoms with E-state index in [1.165, 1.54) is 0 Å². The predicted octanol–water partition coefficient (Wildman–Crippen LogP) is 0.505. The van der Waals surface area contributed by atoms with Gasteiger partial charge in [-0.1, -0.05) is 6.07 Å². The zero-order valence-electron chi connectivity index (χ0n) is 8.48. The number of anilines is 1. The van der Waals surface area contributed by atoms with E-state index in [-0.39, 0.29) is 11.9 Å². The minimum atomic E-state index is -0.439. The van der Waals surface area contributed by atoms with Crippen molar-refractivity contribution < 1.29 is 9.90 Å². The van der Waals surface area contributed by atoms with Gasteiger partial charge in [-0.05, 0) is 34.5 Å². The monoisotopic (exact) mass is 285 g/mol. The fourth-order valence-corrected chi connectivity index (χ4v) is 1.95. The summed E-state index contributed by atoms with van der Waals surface area (Å²) in [5, 5.41) is 14.9. The Morgan fingerprint density at radius 1 is 1.62 bits per heavy atom. The molecule has 1 aromatic heterocycles. The van der Waals surface area contributed by atoms with E-state index in [9.17, 15) is 9.90 Å². The Morgan fingerprint density at radius 3 is 3.06 bits per heavy atom. The van der Waals surface area contributed by atoms with E-state index < -0.39 is 6.10 Å². The van der Waals surface area contributed by atoms with Crippen molar-refractivity contribution in [3.63, 3.8) is 0 Å². The molecule has 1 aliphatic heterocycles. The summed E-state index contributed by atoms with van der Waals surface area (Å²) in [6.45, 7) is 0.462. The number of aliphatic hydroxyl groups excluding tert-OH is 1. The van der Waals surface area contributed by atoms with Crippen molar-refractivity contribution in [1.29, 1.82) is 0 Å². The molecule has 0 aliphatic carbocycles. The lowest BCUT2D eigenvalue weighted by atomic mass is 10.2. The number of nitrogens with zero attached hydrogens (tertiary/aromatic N) is 1. The summed E-state index contributed by atoms with van der Waals surface area (Å²) in [6, 6.07) is 4.96. The number of amides is 1. The van der Waals surface area contributed by atoms with E-state index >= 15 is 0 Å². The molecule has 1 amide bonds. The first-order valence-corrected chi connectivity index (χ1v) is 5.79. The topological polar surface area (TPSA) is 74.2 Å². The third-order valence-electron chi connectivity index (χ3n) is 2.39. The van der Waals surface area contributed by atoms with Gasteiger partial charge in [0.15, 0.2) is 0 Å². The van der Waals surface area contributed by atoms with Crippen LogP contribution in [0.25, 0.3) is 0 Å². The number of hydrogen-bond acceptors (Lipinski definition) is 4. The minimum Gasteiger partial charge on any atom is -0.392 e. The van der Waals surface area contributed by atoms with E-state index in [0.29, 0.717) is 23.4 Å². The lowest BCUT2D eigenvalue weighted by Crippen LogP contribution is -2.35. The van der Waals surface area contributed by atoms with Crippen LogP contribution in [-0.4, -0.2) is 34.7 Å². The summed E-state index contributed by atoms with van der Waals surface area (Å²) in [4.78, 5) is 15.8. The molecule has 16 heavy (non-hydrogen) atoms. The third kappa shape index (κ3) is 2.78. The van der Waals surface area contributed by atoms with Gasteiger partial charge in [-0.3, -0.25) is 4.79 Å². The molecular weight excluding hydrogens is 274 g/mol. The molecule has 2 atom stereocenters. The molecule has 6 heteroatoms. The summed E-state index contributed by atoms with van der Waals surface area (Å²) in [5.41, 5.74) is 0. The number of carbonyl (C=O) groups excluding carboxylic acids is 1. The lowest BCUT2D eigenvalue weighted by molar-refractivity contribution is -0.118. The molecule has 3 N–H and O–H groups in total. The van der Waals surface area contributed by atoms with Crippen LogP contribution in [0.5, 0.6) is 0 Å². The quantitative estimate of drug-likeness (QED) is 0.692. The maximum absolute atomic E-state index is 11.7. The molecule has 2 rings (SSSR count).